The van der Waals surface area contributed by atoms with E-state index in [1.165, 1.54) is 12.1 Å². The quantitative estimate of drug-likeness (QED) is 0.630. The van der Waals surface area contributed by atoms with Gasteiger partial charge in [0.05, 0.1) is 11.5 Å². The zero-order chi connectivity index (χ0) is 15.1. The number of nitro groups is 1. The summed E-state index contributed by atoms with van der Waals surface area (Å²) in [6.45, 7) is 0.413. The molecule has 0 saturated heterocycles. The zero-order valence-corrected chi connectivity index (χ0v) is 11.3. The van der Waals surface area contributed by atoms with E-state index in [2.05, 4.69) is 10.6 Å². The van der Waals surface area contributed by atoms with Gasteiger partial charge in [0.1, 0.15) is 0 Å². The van der Waals surface area contributed by atoms with Gasteiger partial charge in [-0.25, -0.2) is 0 Å². The number of para-hydroxylation sites is 1. The van der Waals surface area contributed by atoms with Crippen LogP contribution in [0.15, 0.2) is 54.6 Å². The SMILES string of the molecule is O=C(CNc1ccccc1)NCc1cccc([N+](=O)[O-])c1. The van der Waals surface area contributed by atoms with E-state index < -0.39 is 4.92 Å². The Balaban J connectivity index is 1.81. The van der Waals surface area contributed by atoms with Gasteiger partial charge < -0.3 is 10.6 Å². The lowest BCUT2D eigenvalue weighted by Gasteiger charge is -2.07. The summed E-state index contributed by atoms with van der Waals surface area (Å²) in [7, 11) is 0. The Morgan fingerprint density at radius 2 is 1.86 bits per heavy atom. The standard InChI is InChI=1S/C15H15N3O3/c19-15(11-16-13-6-2-1-3-7-13)17-10-12-5-4-8-14(9-12)18(20)21/h1-9,16H,10-11H2,(H,17,19). The highest BCUT2D eigenvalue weighted by Gasteiger charge is 2.06. The fourth-order valence-electron chi connectivity index (χ4n) is 1.78. The number of anilines is 1. The Bertz CT molecular complexity index is 629. The Morgan fingerprint density at radius 3 is 2.57 bits per heavy atom. The van der Waals surface area contributed by atoms with Crippen molar-refractivity contribution in [2.45, 2.75) is 6.54 Å². The van der Waals surface area contributed by atoms with E-state index in [1.807, 2.05) is 30.3 Å². The van der Waals surface area contributed by atoms with Crippen LogP contribution in [0.1, 0.15) is 5.56 Å². The third-order valence-electron chi connectivity index (χ3n) is 2.84. The van der Waals surface area contributed by atoms with E-state index in [0.29, 0.717) is 5.56 Å². The van der Waals surface area contributed by atoms with Crippen LogP contribution in [0.5, 0.6) is 0 Å². The van der Waals surface area contributed by atoms with Gasteiger partial charge in [-0.3, -0.25) is 14.9 Å². The van der Waals surface area contributed by atoms with Crippen LogP contribution >= 0.6 is 0 Å². The largest absolute Gasteiger partial charge is 0.376 e. The van der Waals surface area contributed by atoms with Crippen molar-refractivity contribution in [2.75, 3.05) is 11.9 Å². The molecule has 6 nitrogen and oxygen atoms in total. The number of hydrogen-bond donors (Lipinski definition) is 2. The number of nitrogens with zero attached hydrogens (tertiary/aromatic N) is 1. The summed E-state index contributed by atoms with van der Waals surface area (Å²) in [5.41, 5.74) is 1.57. The van der Waals surface area contributed by atoms with Crippen LogP contribution in [0, 0.1) is 10.1 Å². The Labute approximate surface area is 121 Å². The predicted molar refractivity (Wildman–Crippen MR) is 79.9 cm³/mol. The minimum Gasteiger partial charge on any atom is -0.376 e. The minimum absolute atomic E-state index is 0.0177. The van der Waals surface area contributed by atoms with Gasteiger partial charge >= 0.3 is 0 Å². The maximum absolute atomic E-state index is 11.7. The number of non-ortho nitro benzene ring substituents is 1. The summed E-state index contributed by atoms with van der Waals surface area (Å²) in [5, 5.41) is 16.4. The van der Waals surface area contributed by atoms with Crippen molar-refractivity contribution < 1.29 is 9.72 Å². The van der Waals surface area contributed by atoms with Gasteiger partial charge in [-0.1, -0.05) is 30.3 Å². The summed E-state index contributed by atoms with van der Waals surface area (Å²) < 4.78 is 0. The molecule has 108 valence electrons. The lowest BCUT2D eigenvalue weighted by molar-refractivity contribution is -0.384. The molecule has 6 heteroatoms. The molecule has 2 aromatic rings. The molecule has 0 radical (unpaired) electrons. The summed E-state index contributed by atoms with van der Waals surface area (Å²) in [5.74, 6) is -0.176. The first-order valence-corrected chi connectivity index (χ1v) is 6.44. The third-order valence-corrected chi connectivity index (χ3v) is 2.84. The van der Waals surface area contributed by atoms with Crippen LogP contribution < -0.4 is 10.6 Å². The average molecular weight is 285 g/mol. The number of rotatable bonds is 6. The van der Waals surface area contributed by atoms with Gasteiger partial charge in [-0.2, -0.15) is 0 Å². The fraction of sp³-hybridized carbons (Fsp3) is 0.133. The van der Waals surface area contributed by atoms with Crippen molar-refractivity contribution in [3.05, 3.63) is 70.3 Å². The molecule has 0 saturated carbocycles. The molecule has 0 spiro atoms. The molecule has 0 bridgehead atoms. The Morgan fingerprint density at radius 1 is 1.10 bits per heavy atom. The van der Waals surface area contributed by atoms with E-state index >= 15 is 0 Å². The molecular formula is C15H15N3O3. The van der Waals surface area contributed by atoms with Crippen LogP contribution in [-0.4, -0.2) is 17.4 Å². The van der Waals surface area contributed by atoms with E-state index in [4.69, 9.17) is 0 Å². The van der Waals surface area contributed by atoms with Crippen LogP contribution in [0.2, 0.25) is 0 Å². The molecular weight excluding hydrogens is 270 g/mol. The first-order valence-electron chi connectivity index (χ1n) is 6.44. The monoisotopic (exact) mass is 285 g/mol. The molecule has 0 heterocycles. The van der Waals surface area contributed by atoms with Gasteiger partial charge in [0, 0.05) is 24.4 Å². The average Bonchev–Trinajstić information content (AvgIpc) is 2.52. The van der Waals surface area contributed by atoms with Gasteiger partial charge in [0.15, 0.2) is 0 Å². The lowest BCUT2D eigenvalue weighted by atomic mass is 10.2. The summed E-state index contributed by atoms with van der Waals surface area (Å²) in [6.07, 6.45) is 0. The molecule has 0 unspecified atom stereocenters. The lowest BCUT2D eigenvalue weighted by Crippen LogP contribution is -2.29. The molecule has 0 aromatic heterocycles. The second-order valence-electron chi connectivity index (χ2n) is 4.42. The molecule has 0 aliphatic rings. The molecule has 2 rings (SSSR count). The number of benzene rings is 2. The molecule has 2 aromatic carbocycles. The zero-order valence-electron chi connectivity index (χ0n) is 11.3. The van der Waals surface area contributed by atoms with E-state index in [0.717, 1.165) is 5.69 Å². The molecule has 0 aliphatic heterocycles. The Hall–Kier alpha value is -2.89. The van der Waals surface area contributed by atoms with Crippen LogP contribution in [-0.2, 0) is 11.3 Å². The number of hydrogen-bond acceptors (Lipinski definition) is 4. The second-order valence-corrected chi connectivity index (χ2v) is 4.42. The van der Waals surface area contributed by atoms with Crippen LogP contribution in [0.25, 0.3) is 0 Å². The number of carbonyl (C=O) groups is 1. The topological polar surface area (TPSA) is 84.3 Å². The molecule has 1 amide bonds. The third kappa shape index (κ3) is 4.61. The van der Waals surface area contributed by atoms with Crippen molar-refractivity contribution in [1.82, 2.24) is 5.32 Å². The first kappa shape index (κ1) is 14.5. The van der Waals surface area contributed by atoms with Gasteiger partial charge in [0.2, 0.25) is 5.91 Å². The highest BCUT2D eigenvalue weighted by atomic mass is 16.6. The van der Waals surface area contributed by atoms with E-state index in [1.54, 1.807) is 12.1 Å². The molecule has 2 N–H and O–H groups in total. The normalized spacial score (nSPS) is 9.90. The van der Waals surface area contributed by atoms with Gasteiger partial charge in [0.25, 0.3) is 5.69 Å². The van der Waals surface area contributed by atoms with Crippen LogP contribution in [0.3, 0.4) is 0 Å². The molecule has 0 aliphatic carbocycles. The maximum atomic E-state index is 11.7. The van der Waals surface area contributed by atoms with Crippen molar-refractivity contribution in [3.8, 4) is 0 Å². The highest BCUT2D eigenvalue weighted by molar-refractivity contribution is 5.80. The van der Waals surface area contributed by atoms with Gasteiger partial charge in [-0.05, 0) is 17.7 Å². The molecule has 21 heavy (non-hydrogen) atoms. The molecule has 0 fully saturated rings. The molecule has 0 atom stereocenters. The summed E-state index contributed by atoms with van der Waals surface area (Å²) in [4.78, 5) is 21.9. The number of amides is 1. The minimum atomic E-state index is -0.456. The number of nitro benzene ring substituents is 1. The second kappa shape index (κ2) is 7.04. The van der Waals surface area contributed by atoms with E-state index in [-0.39, 0.29) is 24.7 Å². The first-order chi connectivity index (χ1) is 10.1. The van der Waals surface area contributed by atoms with Crippen molar-refractivity contribution in [3.63, 3.8) is 0 Å². The smallest absolute Gasteiger partial charge is 0.269 e. The number of nitrogens with one attached hydrogen (secondary N) is 2. The highest BCUT2D eigenvalue weighted by Crippen LogP contribution is 2.12. The number of carbonyl (C=O) groups excluding carboxylic acids is 1. The van der Waals surface area contributed by atoms with Crippen LogP contribution in [0.4, 0.5) is 11.4 Å². The Kier molecular flexibility index (Phi) is 4.87. The van der Waals surface area contributed by atoms with E-state index in [9.17, 15) is 14.9 Å². The van der Waals surface area contributed by atoms with Gasteiger partial charge in [-0.15, -0.1) is 0 Å². The predicted octanol–water partition coefficient (Wildman–Crippen LogP) is 2.32. The van der Waals surface area contributed by atoms with Crippen molar-refractivity contribution in [1.29, 1.82) is 0 Å². The summed E-state index contributed by atoms with van der Waals surface area (Å²) in [6, 6.07) is 15.6. The fourth-order valence-corrected chi connectivity index (χ4v) is 1.78. The van der Waals surface area contributed by atoms with Crippen molar-refractivity contribution >= 4 is 17.3 Å². The maximum Gasteiger partial charge on any atom is 0.269 e. The van der Waals surface area contributed by atoms with Crippen molar-refractivity contribution in [2.24, 2.45) is 0 Å². The summed E-state index contributed by atoms with van der Waals surface area (Å²) >= 11 is 0.